The van der Waals surface area contributed by atoms with E-state index in [1.165, 1.54) is 0 Å². The zero-order valence-electron chi connectivity index (χ0n) is 8.66. The minimum atomic E-state index is 0.154. The van der Waals surface area contributed by atoms with Crippen LogP contribution in [0.2, 0.25) is 0 Å². The maximum Gasteiger partial charge on any atom is 0.236 e. The van der Waals surface area contributed by atoms with Crippen LogP contribution in [-0.2, 0) is 4.79 Å². The summed E-state index contributed by atoms with van der Waals surface area (Å²) in [5, 5.41) is 0. The third-order valence-corrected chi connectivity index (χ3v) is 2.78. The Morgan fingerprint density at radius 3 is 2.62 bits per heavy atom. The van der Waals surface area contributed by atoms with E-state index < -0.39 is 0 Å². The molecule has 0 aliphatic carbocycles. The van der Waals surface area contributed by atoms with Gasteiger partial charge in [0.25, 0.3) is 0 Å². The predicted molar refractivity (Wildman–Crippen MR) is 52.3 cm³/mol. The Hall–Kier alpha value is -0.610. The van der Waals surface area contributed by atoms with Gasteiger partial charge in [0.2, 0.25) is 5.91 Å². The van der Waals surface area contributed by atoms with Gasteiger partial charge in [0.1, 0.15) is 0 Å². The molecule has 2 atom stereocenters. The van der Waals surface area contributed by atoms with Gasteiger partial charge in [-0.2, -0.15) is 0 Å². The van der Waals surface area contributed by atoms with Crippen LogP contribution in [0.4, 0.5) is 0 Å². The van der Waals surface area contributed by atoms with E-state index in [4.69, 9.17) is 5.73 Å². The standard InChI is InChI=1S/C9H19N3O/c1-7-8(10)4-5-12(7)6-9(13)11(2)3/h7-8H,4-6,10H2,1-3H3. The quantitative estimate of drug-likeness (QED) is 0.631. The maximum atomic E-state index is 11.4. The monoisotopic (exact) mass is 185 g/mol. The Balaban J connectivity index is 2.42. The maximum absolute atomic E-state index is 11.4. The van der Waals surface area contributed by atoms with Gasteiger partial charge in [0, 0.05) is 32.7 Å². The fourth-order valence-corrected chi connectivity index (χ4v) is 1.57. The van der Waals surface area contributed by atoms with Gasteiger partial charge < -0.3 is 10.6 Å². The number of nitrogens with two attached hydrogens (primary N) is 1. The Morgan fingerprint density at radius 1 is 1.62 bits per heavy atom. The van der Waals surface area contributed by atoms with Crippen LogP contribution in [0.1, 0.15) is 13.3 Å². The molecule has 1 saturated heterocycles. The Bertz CT molecular complexity index is 193. The Kier molecular flexibility index (Phi) is 3.27. The molecule has 0 aromatic heterocycles. The molecule has 0 bridgehead atoms. The molecular weight excluding hydrogens is 166 g/mol. The summed E-state index contributed by atoms with van der Waals surface area (Å²) in [5.74, 6) is 0.154. The molecule has 4 heteroatoms. The summed E-state index contributed by atoms with van der Waals surface area (Å²) in [6.45, 7) is 3.53. The van der Waals surface area contributed by atoms with E-state index in [1.54, 1.807) is 19.0 Å². The first kappa shape index (κ1) is 10.5. The largest absolute Gasteiger partial charge is 0.348 e. The number of carbonyl (C=O) groups excluding carboxylic acids is 1. The van der Waals surface area contributed by atoms with E-state index in [-0.39, 0.29) is 11.9 Å². The lowest BCUT2D eigenvalue weighted by Gasteiger charge is -2.23. The number of rotatable bonds is 2. The highest BCUT2D eigenvalue weighted by Gasteiger charge is 2.29. The van der Waals surface area contributed by atoms with Crippen molar-refractivity contribution >= 4 is 5.91 Å². The number of hydrogen-bond acceptors (Lipinski definition) is 3. The molecule has 1 fully saturated rings. The van der Waals surface area contributed by atoms with Crippen molar-refractivity contribution < 1.29 is 4.79 Å². The molecule has 2 unspecified atom stereocenters. The third kappa shape index (κ3) is 2.42. The number of nitrogens with zero attached hydrogens (tertiary/aromatic N) is 2. The zero-order valence-corrected chi connectivity index (χ0v) is 8.66. The second kappa shape index (κ2) is 4.07. The highest BCUT2D eigenvalue weighted by molar-refractivity contribution is 5.77. The molecule has 1 rings (SSSR count). The fourth-order valence-electron chi connectivity index (χ4n) is 1.57. The lowest BCUT2D eigenvalue weighted by molar-refractivity contribution is -0.130. The van der Waals surface area contributed by atoms with E-state index in [0.717, 1.165) is 13.0 Å². The number of amides is 1. The third-order valence-electron chi connectivity index (χ3n) is 2.78. The van der Waals surface area contributed by atoms with Gasteiger partial charge in [-0.25, -0.2) is 0 Å². The number of likely N-dealkylation sites (tertiary alicyclic amines) is 1. The lowest BCUT2D eigenvalue weighted by Crippen LogP contribution is -2.42. The molecule has 0 radical (unpaired) electrons. The fraction of sp³-hybridized carbons (Fsp3) is 0.889. The van der Waals surface area contributed by atoms with Gasteiger partial charge in [-0.15, -0.1) is 0 Å². The molecule has 1 amide bonds. The molecular formula is C9H19N3O. The van der Waals surface area contributed by atoms with Crippen molar-refractivity contribution in [3.05, 3.63) is 0 Å². The van der Waals surface area contributed by atoms with Crippen LogP contribution in [0.5, 0.6) is 0 Å². The minimum absolute atomic E-state index is 0.154. The molecule has 2 N–H and O–H groups in total. The second-order valence-corrected chi connectivity index (χ2v) is 3.95. The molecule has 13 heavy (non-hydrogen) atoms. The van der Waals surface area contributed by atoms with Crippen molar-refractivity contribution in [3.8, 4) is 0 Å². The van der Waals surface area contributed by atoms with Crippen LogP contribution in [0.15, 0.2) is 0 Å². The van der Waals surface area contributed by atoms with Crippen molar-refractivity contribution in [2.75, 3.05) is 27.2 Å². The average Bonchev–Trinajstić information content (AvgIpc) is 2.36. The number of hydrogen-bond donors (Lipinski definition) is 1. The van der Waals surface area contributed by atoms with Crippen LogP contribution in [-0.4, -0.2) is 55.0 Å². The number of likely N-dealkylation sites (N-methyl/N-ethyl adjacent to an activating group) is 1. The van der Waals surface area contributed by atoms with Crippen molar-refractivity contribution in [3.63, 3.8) is 0 Å². The van der Waals surface area contributed by atoms with Crippen LogP contribution >= 0.6 is 0 Å². The first-order valence-electron chi connectivity index (χ1n) is 4.72. The SMILES string of the molecule is CC1C(N)CCN1CC(=O)N(C)C. The lowest BCUT2D eigenvalue weighted by atomic mass is 10.2. The Labute approximate surface area is 79.7 Å². The summed E-state index contributed by atoms with van der Waals surface area (Å²) in [6, 6.07) is 0.568. The molecule has 0 aromatic rings. The van der Waals surface area contributed by atoms with Crippen LogP contribution in [0.25, 0.3) is 0 Å². The first-order chi connectivity index (χ1) is 6.02. The summed E-state index contributed by atoms with van der Waals surface area (Å²) in [4.78, 5) is 15.2. The average molecular weight is 185 g/mol. The molecule has 1 aliphatic heterocycles. The van der Waals surface area contributed by atoms with E-state index in [2.05, 4.69) is 11.8 Å². The van der Waals surface area contributed by atoms with Crippen molar-refractivity contribution in [1.29, 1.82) is 0 Å². The highest BCUT2D eigenvalue weighted by atomic mass is 16.2. The molecule has 0 saturated carbocycles. The second-order valence-electron chi connectivity index (χ2n) is 3.95. The normalized spacial score (nSPS) is 29.2. The van der Waals surface area contributed by atoms with E-state index in [9.17, 15) is 4.79 Å². The van der Waals surface area contributed by atoms with Gasteiger partial charge >= 0.3 is 0 Å². The van der Waals surface area contributed by atoms with Gasteiger partial charge in [0.05, 0.1) is 6.54 Å². The van der Waals surface area contributed by atoms with Crippen LogP contribution < -0.4 is 5.73 Å². The first-order valence-corrected chi connectivity index (χ1v) is 4.72. The molecule has 1 heterocycles. The molecule has 0 aromatic carbocycles. The van der Waals surface area contributed by atoms with Crippen molar-refractivity contribution in [2.24, 2.45) is 5.73 Å². The van der Waals surface area contributed by atoms with Crippen molar-refractivity contribution in [1.82, 2.24) is 9.80 Å². The van der Waals surface area contributed by atoms with E-state index in [0.29, 0.717) is 12.6 Å². The predicted octanol–water partition coefficient (Wildman–Crippen LogP) is -0.504. The summed E-state index contributed by atoms with van der Waals surface area (Å²) in [7, 11) is 3.56. The number of carbonyl (C=O) groups is 1. The topological polar surface area (TPSA) is 49.6 Å². The molecule has 76 valence electrons. The minimum Gasteiger partial charge on any atom is -0.348 e. The van der Waals surface area contributed by atoms with Crippen LogP contribution in [0.3, 0.4) is 0 Å². The smallest absolute Gasteiger partial charge is 0.236 e. The van der Waals surface area contributed by atoms with Gasteiger partial charge in [0.15, 0.2) is 0 Å². The zero-order chi connectivity index (χ0) is 10.0. The summed E-state index contributed by atoms with van der Waals surface area (Å²) >= 11 is 0. The van der Waals surface area contributed by atoms with Gasteiger partial charge in [-0.3, -0.25) is 9.69 Å². The summed E-state index contributed by atoms with van der Waals surface area (Å²) in [5.41, 5.74) is 5.85. The van der Waals surface area contributed by atoms with E-state index >= 15 is 0 Å². The van der Waals surface area contributed by atoms with Gasteiger partial charge in [-0.1, -0.05) is 0 Å². The summed E-state index contributed by atoms with van der Waals surface area (Å²) < 4.78 is 0. The molecule has 1 aliphatic rings. The summed E-state index contributed by atoms with van der Waals surface area (Å²) in [6.07, 6.45) is 1.00. The molecule has 0 spiro atoms. The van der Waals surface area contributed by atoms with Crippen molar-refractivity contribution in [2.45, 2.75) is 25.4 Å². The Morgan fingerprint density at radius 2 is 2.23 bits per heavy atom. The highest BCUT2D eigenvalue weighted by Crippen LogP contribution is 2.14. The molecule has 4 nitrogen and oxygen atoms in total. The van der Waals surface area contributed by atoms with Gasteiger partial charge in [-0.05, 0) is 13.3 Å². The van der Waals surface area contributed by atoms with Crippen LogP contribution in [0, 0.1) is 0 Å². The van der Waals surface area contributed by atoms with E-state index in [1.807, 2.05) is 0 Å².